The van der Waals surface area contributed by atoms with Crippen LogP contribution in [0.5, 0.6) is 0 Å². The smallest absolute Gasteiger partial charge is 0.306 e. The Kier molecular flexibility index (Phi) is 6.94. The van der Waals surface area contributed by atoms with Gasteiger partial charge in [-0.1, -0.05) is 36.4 Å². The van der Waals surface area contributed by atoms with Gasteiger partial charge in [0, 0.05) is 15.8 Å². The molecular formula is C27H28FNO3S. The highest BCUT2D eigenvalue weighted by atomic mass is 32.1. The molecule has 2 aromatic carbocycles. The third-order valence-corrected chi connectivity index (χ3v) is 7.58. The molecule has 1 amide bonds. The number of rotatable bonds is 6. The molecule has 1 aromatic heterocycles. The Balaban J connectivity index is 1.48. The fourth-order valence-electron chi connectivity index (χ4n) is 4.67. The summed E-state index contributed by atoms with van der Waals surface area (Å²) in [6.45, 7) is 4.02. The first kappa shape index (κ1) is 23.2. The number of aryl methyl sites for hydroxylation is 2. The molecule has 172 valence electrons. The number of aliphatic carboxylic acids is 1. The summed E-state index contributed by atoms with van der Waals surface area (Å²) in [4.78, 5) is 26.5. The normalized spacial score (nSPS) is 18.2. The third kappa shape index (κ3) is 5.33. The van der Waals surface area contributed by atoms with E-state index in [4.69, 9.17) is 0 Å². The number of carboxylic acid groups (broad SMARTS) is 1. The molecular weight excluding hydrogens is 437 g/mol. The minimum atomic E-state index is -0.741. The molecule has 1 saturated carbocycles. The molecule has 1 heterocycles. The number of thiophene rings is 1. The van der Waals surface area contributed by atoms with Crippen LogP contribution >= 0.6 is 11.3 Å². The van der Waals surface area contributed by atoms with Crippen molar-refractivity contribution in [1.29, 1.82) is 0 Å². The zero-order valence-electron chi connectivity index (χ0n) is 18.9. The number of nitrogens with one attached hydrogen (secondary N) is 1. The molecule has 3 aromatic rings. The maximum atomic E-state index is 13.5. The monoisotopic (exact) mass is 465 g/mol. The van der Waals surface area contributed by atoms with Crippen LogP contribution in [0.15, 0.2) is 48.5 Å². The van der Waals surface area contributed by atoms with Crippen LogP contribution in [0.1, 0.15) is 56.9 Å². The van der Waals surface area contributed by atoms with Crippen LogP contribution in [-0.4, -0.2) is 23.0 Å². The minimum Gasteiger partial charge on any atom is -0.481 e. The summed E-state index contributed by atoms with van der Waals surface area (Å²) in [5, 5.41) is 12.3. The van der Waals surface area contributed by atoms with Gasteiger partial charge < -0.3 is 10.4 Å². The second-order valence-electron chi connectivity index (χ2n) is 8.81. The van der Waals surface area contributed by atoms with E-state index in [9.17, 15) is 19.1 Å². The summed E-state index contributed by atoms with van der Waals surface area (Å²) in [5.41, 5.74) is 4.65. The second-order valence-corrected chi connectivity index (χ2v) is 10.2. The molecule has 0 bridgehead atoms. The SMILES string of the molecule is Cc1sc(C)c(C(=O)NC2CCC(C(=O)O)CC2)c1Cc1ccc(-c2cccc(F)c2)cc1. The van der Waals surface area contributed by atoms with Crippen LogP contribution in [0, 0.1) is 25.6 Å². The average Bonchev–Trinajstić information content (AvgIpc) is 3.07. The van der Waals surface area contributed by atoms with E-state index in [2.05, 4.69) is 5.32 Å². The largest absolute Gasteiger partial charge is 0.481 e. The van der Waals surface area contributed by atoms with Gasteiger partial charge in [0.05, 0.1) is 11.5 Å². The maximum Gasteiger partial charge on any atom is 0.306 e. The molecule has 1 fully saturated rings. The molecule has 0 spiro atoms. The predicted octanol–water partition coefficient (Wildman–Crippen LogP) is 6.14. The Morgan fingerprint density at radius 3 is 2.33 bits per heavy atom. The van der Waals surface area contributed by atoms with Crippen molar-refractivity contribution in [3.8, 4) is 11.1 Å². The number of carbonyl (C=O) groups is 2. The summed E-state index contributed by atoms with van der Waals surface area (Å²) < 4.78 is 13.5. The molecule has 4 rings (SSSR count). The van der Waals surface area contributed by atoms with Crippen molar-refractivity contribution in [2.75, 3.05) is 0 Å². The van der Waals surface area contributed by atoms with Gasteiger partial charge in [-0.3, -0.25) is 9.59 Å². The third-order valence-electron chi connectivity index (χ3n) is 6.52. The molecule has 1 aliphatic carbocycles. The lowest BCUT2D eigenvalue weighted by atomic mass is 9.86. The van der Waals surface area contributed by atoms with Gasteiger partial charge in [-0.2, -0.15) is 0 Å². The lowest BCUT2D eigenvalue weighted by Crippen LogP contribution is -2.39. The number of hydrogen-bond donors (Lipinski definition) is 2. The zero-order chi connectivity index (χ0) is 23.5. The first-order valence-electron chi connectivity index (χ1n) is 11.3. The van der Waals surface area contributed by atoms with Gasteiger partial charge in [0.1, 0.15) is 5.82 Å². The molecule has 0 radical (unpaired) electrons. The van der Waals surface area contributed by atoms with Crippen molar-refractivity contribution in [3.63, 3.8) is 0 Å². The van der Waals surface area contributed by atoms with Crippen LogP contribution < -0.4 is 5.32 Å². The van der Waals surface area contributed by atoms with Crippen LogP contribution in [0.4, 0.5) is 4.39 Å². The first-order chi connectivity index (χ1) is 15.8. The molecule has 0 atom stereocenters. The molecule has 6 heteroatoms. The highest BCUT2D eigenvalue weighted by molar-refractivity contribution is 7.12. The van der Waals surface area contributed by atoms with Crippen LogP contribution in [0.2, 0.25) is 0 Å². The van der Waals surface area contributed by atoms with Gasteiger partial charge in [-0.15, -0.1) is 11.3 Å². The molecule has 0 unspecified atom stereocenters. The van der Waals surface area contributed by atoms with E-state index in [0.717, 1.165) is 37.6 Å². The molecule has 33 heavy (non-hydrogen) atoms. The fraction of sp³-hybridized carbons (Fsp3) is 0.333. The summed E-state index contributed by atoms with van der Waals surface area (Å²) in [6, 6.07) is 14.6. The lowest BCUT2D eigenvalue weighted by Gasteiger charge is -2.27. The maximum absolute atomic E-state index is 13.5. The Hall–Kier alpha value is -2.99. The van der Waals surface area contributed by atoms with Gasteiger partial charge in [0.2, 0.25) is 0 Å². The average molecular weight is 466 g/mol. The minimum absolute atomic E-state index is 0.0195. The number of amides is 1. The van der Waals surface area contributed by atoms with E-state index >= 15 is 0 Å². The summed E-state index contributed by atoms with van der Waals surface area (Å²) >= 11 is 1.63. The quantitative estimate of drug-likeness (QED) is 0.460. The van der Waals surface area contributed by atoms with E-state index in [-0.39, 0.29) is 23.7 Å². The van der Waals surface area contributed by atoms with E-state index in [1.165, 1.54) is 12.1 Å². The summed E-state index contributed by atoms with van der Waals surface area (Å²) in [6.07, 6.45) is 3.25. The van der Waals surface area contributed by atoms with Gasteiger partial charge in [-0.25, -0.2) is 4.39 Å². The van der Waals surface area contributed by atoms with Gasteiger partial charge in [0.25, 0.3) is 5.91 Å². The van der Waals surface area contributed by atoms with Gasteiger partial charge in [0.15, 0.2) is 0 Å². The zero-order valence-corrected chi connectivity index (χ0v) is 19.7. The van der Waals surface area contributed by atoms with Gasteiger partial charge >= 0.3 is 5.97 Å². The Morgan fingerprint density at radius 2 is 1.70 bits per heavy atom. The number of carboxylic acids is 1. The standard InChI is InChI=1S/C27H28FNO3S/c1-16-24(14-18-6-8-19(9-7-18)21-4-3-5-22(28)15-21)25(17(2)33-16)26(30)29-23-12-10-20(11-13-23)27(31)32/h3-9,15,20,23H,10-14H2,1-2H3,(H,29,30)(H,31,32). The Labute approximate surface area is 197 Å². The van der Waals surface area contributed by atoms with Crippen molar-refractivity contribution >= 4 is 23.2 Å². The highest BCUT2D eigenvalue weighted by Crippen LogP contribution is 2.31. The fourth-order valence-corrected chi connectivity index (χ4v) is 5.74. The molecule has 4 nitrogen and oxygen atoms in total. The summed E-state index contributed by atoms with van der Waals surface area (Å²) in [7, 11) is 0. The Bertz CT molecular complexity index is 1160. The number of halogens is 1. The Morgan fingerprint density at radius 1 is 1.00 bits per heavy atom. The number of hydrogen-bond acceptors (Lipinski definition) is 3. The van der Waals surface area contributed by atoms with E-state index in [1.54, 1.807) is 17.4 Å². The van der Waals surface area contributed by atoms with Crippen LogP contribution in [0.3, 0.4) is 0 Å². The summed E-state index contributed by atoms with van der Waals surface area (Å²) in [5.74, 6) is -1.36. The van der Waals surface area contributed by atoms with Crippen molar-refractivity contribution < 1.29 is 19.1 Å². The predicted molar refractivity (Wildman–Crippen MR) is 129 cm³/mol. The second kappa shape index (κ2) is 9.87. The van der Waals surface area contributed by atoms with E-state index in [1.807, 2.05) is 44.2 Å². The molecule has 1 aliphatic rings. The number of carbonyl (C=O) groups excluding carboxylic acids is 1. The van der Waals surface area contributed by atoms with Crippen molar-refractivity contribution in [3.05, 3.63) is 80.8 Å². The van der Waals surface area contributed by atoms with Crippen molar-refractivity contribution in [1.82, 2.24) is 5.32 Å². The molecule has 0 aliphatic heterocycles. The number of benzene rings is 2. The highest BCUT2D eigenvalue weighted by Gasteiger charge is 2.28. The first-order valence-corrected chi connectivity index (χ1v) is 12.1. The van der Waals surface area contributed by atoms with E-state index in [0.29, 0.717) is 32.1 Å². The van der Waals surface area contributed by atoms with Crippen LogP contribution in [0.25, 0.3) is 11.1 Å². The van der Waals surface area contributed by atoms with Crippen molar-refractivity contribution in [2.24, 2.45) is 5.92 Å². The van der Waals surface area contributed by atoms with Crippen LogP contribution in [-0.2, 0) is 11.2 Å². The lowest BCUT2D eigenvalue weighted by molar-refractivity contribution is -0.142. The van der Waals surface area contributed by atoms with Crippen molar-refractivity contribution in [2.45, 2.75) is 52.0 Å². The van der Waals surface area contributed by atoms with E-state index < -0.39 is 5.97 Å². The topological polar surface area (TPSA) is 66.4 Å². The van der Waals surface area contributed by atoms with Gasteiger partial charge in [-0.05, 0) is 80.3 Å². The molecule has 0 saturated heterocycles. The molecule has 2 N–H and O–H groups in total.